The molecule has 3 heteroatoms. The summed E-state index contributed by atoms with van der Waals surface area (Å²) >= 11 is 6.12. The van der Waals surface area contributed by atoms with Crippen molar-refractivity contribution >= 4 is 11.6 Å². The van der Waals surface area contributed by atoms with E-state index in [4.69, 9.17) is 16.3 Å². The topological polar surface area (TPSA) is 21.3 Å². The van der Waals surface area contributed by atoms with E-state index in [0.29, 0.717) is 11.6 Å². The Bertz CT molecular complexity index is 406. The molecule has 0 saturated carbocycles. The van der Waals surface area contributed by atoms with E-state index in [9.17, 15) is 0 Å². The van der Waals surface area contributed by atoms with Gasteiger partial charge in [0.15, 0.2) is 0 Å². The zero-order chi connectivity index (χ0) is 12.5. The van der Waals surface area contributed by atoms with Gasteiger partial charge < -0.3 is 10.1 Å². The minimum atomic E-state index is 0.376. The fourth-order valence-corrected chi connectivity index (χ4v) is 1.68. The molecule has 1 aromatic rings. The third-order valence-corrected chi connectivity index (χ3v) is 2.55. The highest BCUT2D eigenvalue weighted by Gasteiger charge is 2.07. The Morgan fingerprint density at radius 2 is 2.24 bits per heavy atom. The van der Waals surface area contributed by atoms with E-state index in [0.717, 1.165) is 30.8 Å². The molecule has 17 heavy (non-hydrogen) atoms. The van der Waals surface area contributed by atoms with Gasteiger partial charge in [-0.3, -0.25) is 0 Å². The molecule has 0 aliphatic carbocycles. The standard InChI is InChI=1S/C14H18ClNO/c1-3-5-10-17-14-12(11-16-9-4-2)7-6-8-13(14)15/h6-8,16H,4,9-11H2,1-2H3. The van der Waals surface area contributed by atoms with Crippen LogP contribution in [-0.4, -0.2) is 13.2 Å². The first-order valence-electron chi connectivity index (χ1n) is 5.80. The third kappa shape index (κ3) is 4.68. The Morgan fingerprint density at radius 3 is 2.94 bits per heavy atom. The molecule has 0 atom stereocenters. The van der Waals surface area contributed by atoms with Gasteiger partial charge in [0, 0.05) is 12.1 Å². The molecule has 0 heterocycles. The Hall–Kier alpha value is -1.17. The van der Waals surface area contributed by atoms with Gasteiger partial charge in [0.2, 0.25) is 0 Å². The molecule has 0 radical (unpaired) electrons. The van der Waals surface area contributed by atoms with Gasteiger partial charge >= 0.3 is 0 Å². The Kier molecular flexibility index (Phi) is 6.54. The van der Waals surface area contributed by atoms with Crippen LogP contribution in [0, 0.1) is 11.8 Å². The van der Waals surface area contributed by atoms with Crippen LogP contribution in [0.15, 0.2) is 18.2 Å². The molecule has 0 bridgehead atoms. The average molecular weight is 252 g/mol. The average Bonchev–Trinajstić information content (AvgIpc) is 2.33. The van der Waals surface area contributed by atoms with E-state index in [2.05, 4.69) is 24.1 Å². The summed E-state index contributed by atoms with van der Waals surface area (Å²) < 4.78 is 5.59. The van der Waals surface area contributed by atoms with E-state index >= 15 is 0 Å². The van der Waals surface area contributed by atoms with Crippen LogP contribution in [0.4, 0.5) is 0 Å². The van der Waals surface area contributed by atoms with Crippen molar-refractivity contribution in [2.24, 2.45) is 0 Å². The van der Waals surface area contributed by atoms with Crippen LogP contribution in [0.1, 0.15) is 25.8 Å². The number of hydrogen-bond donors (Lipinski definition) is 1. The van der Waals surface area contributed by atoms with Gasteiger partial charge in [-0.25, -0.2) is 0 Å². The number of hydrogen-bond acceptors (Lipinski definition) is 2. The lowest BCUT2D eigenvalue weighted by Gasteiger charge is -2.11. The fraction of sp³-hybridized carbons (Fsp3) is 0.429. The maximum absolute atomic E-state index is 6.12. The first-order chi connectivity index (χ1) is 8.29. The van der Waals surface area contributed by atoms with Gasteiger partial charge in [-0.05, 0) is 26.0 Å². The van der Waals surface area contributed by atoms with Crippen LogP contribution in [-0.2, 0) is 6.54 Å². The third-order valence-electron chi connectivity index (χ3n) is 2.26. The summed E-state index contributed by atoms with van der Waals surface area (Å²) in [5.74, 6) is 6.40. The van der Waals surface area contributed by atoms with Crippen molar-refractivity contribution in [2.45, 2.75) is 26.8 Å². The van der Waals surface area contributed by atoms with E-state index in [1.165, 1.54) is 0 Å². The van der Waals surface area contributed by atoms with Crippen molar-refractivity contribution in [2.75, 3.05) is 13.2 Å². The molecular formula is C14H18ClNO. The molecule has 0 aromatic heterocycles. The van der Waals surface area contributed by atoms with Gasteiger partial charge in [-0.1, -0.05) is 36.6 Å². The second kappa shape index (κ2) is 8.00. The lowest BCUT2D eigenvalue weighted by Crippen LogP contribution is -2.14. The summed E-state index contributed by atoms with van der Waals surface area (Å²) in [5.41, 5.74) is 1.07. The van der Waals surface area contributed by atoms with Crippen molar-refractivity contribution in [1.82, 2.24) is 5.32 Å². The molecule has 0 fully saturated rings. The maximum Gasteiger partial charge on any atom is 0.149 e. The predicted octanol–water partition coefficient (Wildman–Crippen LogP) is 3.24. The molecule has 0 aliphatic rings. The fourth-order valence-electron chi connectivity index (χ4n) is 1.43. The normalized spacial score (nSPS) is 9.59. The first-order valence-corrected chi connectivity index (χ1v) is 6.18. The van der Waals surface area contributed by atoms with Gasteiger partial charge in [0.25, 0.3) is 0 Å². The summed E-state index contributed by atoms with van der Waals surface area (Å²) in [7, 11) is 0. The molecule has 0 saturated heterocycles. The highest BCUT2D eigenvalue weighted by atomic mass is 35.5. The quantitative estimate of drug-likeness (QED) is 0.619. The Labute approximate surface area is 108 Å². The molecule has 1 aromatic carbocycles. The molecule has 0 aliphatic heterocycles. The zero-order valence-corrected chi connectivity index (χ0v) is 11.1. The summed E-state index contributed by atoms with van der Waals surface area (Å²) in [5, 5.41) is 3.97. The second-order valence-corrected chi connectivity index (χ2v) is 4.03. The number of para-hydroxylation sites is 1. The molecule has 1 rings (SSSR count). The van der Waals surface area contributed by atoms with Crippen LogP contribution in [0.25, 0.3) is 0 Å². The van der Waals surface area contributed by atoms with Gasteiger partial charge in [0.05, 0.1) is 5.02 Å². The van der Waals surface area contributed by atoms with Crippen LogP contribution in [0.3, 0.4) is 0 Å². The lowest BCUT2D eigenvalue weighted by molar-refractivity contribution is 0.365. The van der Waals surface area contributed by atoms with Crippen LogP contribution in [0.2, 0.25) is 5.02 Å². The molecule has 0 spiro atoms. The van der Waals surface area contributed by atoms with Crippen molar-refractivity contribution in [1.29, 1.82) is 0 Å². The summed E-state index contributed by atoms with van der Waals surface area (Å²) in [6.07, 6.45) is 1.11. The lowest BCUT2D eigenvalue weighted by atomic mass is 10.2. The molecule has 1 N–H and O–H groups in total. The predicted molar refractivity (Wildman–Crippen MR) is 72.4 cm³/mol. The number of halogens is 1. The minimum absolute atomic E-state index is 0.376. The highest BCUT2D eigenvalue weighted by Crippen LogP contribution is 2.28. The van der Waals surface area contributed by atoms with Gasteiger partial charge in [-0.15, -0.1) is 5.92 Å². The molecule has 2 nitrogen and oxygen atoms in total. The molecular weight excluding hydrogens is 234 g/mol. The number of nitrogens with one attached hydrogen (secondary N) is 1. The SMILES string of the molecule is CC#CCOc1c(Cl)cccc1CNCCC. The van der Waals surface area contributed by atoms with E-state index in [1.54, 1.807) is 6.92 Å². The van der Waals surface area contributed by atoms with Gasteiger partial charge in [0.1, 0.15) is 12.4 Å². The molecule has 92 valence electrons. The maximum atomic E-state index is 6.12. The largest absolute Gasteiger partial charge is 0.479 e. The molecule has 0 amide bonds. The van der Waals surface area contributed by atoms with Crippen molar-refractivity contribution in [3.8, 4) is 17.6 Å². The second-order valence-electron chi connectivity index (χ2n) is 3.62. The Morgan fingerprint density at radius 1 is 1.41 bits per heavy atom. The van der Waals surface area contributed by atoms with Crippen LogP contribution >= 0.6 is 11.6 Å². The highest BCUT2D eigenvalue weighted by molar-refractivity contribution is 6.32. The Balaban J connectivity index is 2.71. The zero-order valence-electron chi connectivity index (χ0n) is 10.3. The van der Waals surface area contributed by atoms with Crippen LogP contribution in [0.5, 0.6) is 5.75 Å². The van der Waals surface area contributed by atoms with E-state index < -0.39 is 0 Å². The van der Waals surface area contributed by atoms with Gasteiger partial charge in [-0.2, -0.15) is 0 Å². The molecule has 0 unspecified atom stereocenters. The number of rotatable bonds is 6. The summed E-state index contributed by atoms with van der Waals surface area (Å²) in [4.78, 5) is 0. The van der Waals surface area contributed by atoms with Crippen molar-refractivity contribution in [3.05, 3.63) is 28.8 Å². The van der Waals surface area contributed by atoms with Crippen molar-refractivity contribution < 1.29 is 4.74 Å². The number of benzene rings is 1. The summed E-state index contributed by atoms with van der Waals surface area (Å²) in [6, 6.07) is 5.78. The van der Waals surface area contributed by atoms with Crippen LogP contribution < -0.4 is 10.1 Å². The summed E-state index contributed by atoms with van der Waals surface area (Å²) in [6.45, 7) is 6.06. The monoisotopic (exact) mass is 251 g/mol. The first kappa shape index (κ1) is 13.9. The van der Waals surface area contributed by atoms with E-state index in [1.807, 2.05) is 18.2 Å². The smallest absolute Gasteiger partial charge is 0.149 e. The van der Waals surface area contributed by atoms with Crippen molar-refractivity contribution in [3.63, 3.8) is 0 Å². The van der Waals surface area contributed by atoms with E-state index in [-0.39, 0.29) is 0 Å². The minimum Gasteiger partial charge on any atom is -0.479 e. The number of ether oxygens (including phenoxy) is 1.